The van der Waals surface area contributed by atoms with Crippen molar-refractivity contribution in [2.45, 2.75) is 19.6 Å². The highest BCUT2D eigenvalue weighted by atomic mass is 35.5. The van der Waals surface area contributed by atoms with Crippen molar-refractivity contribution in [1.29, 1.82) is 0 Å². The van der Waals surface area contributed by atoms with E-state index in [0.29, 0.717) is 0 Å². The van der Waals surface area contributed by atoms with Gasteiger partial charge in [0.05, 0.1) is 0 Å². The summed E-state index contributed by atoms with van der Waals surface area (Å²) in [7, 11) is -1.62. The second kappa shape index (κ2) is 5.17. The minimum Gasteiger partial charge on any atom is -0.544 e. The normalized spacial score (nSPS) is 11.3. The highest BCUT2D eigenvalue weighted by Crippen LogP contribution is 2.33. The first-order chi connectivity index (χ1) is 8.46. The van der Waals surface area contributed by atoms with Crippen LogP contribution < -0.4 is 4.43 Å². The van der Waals surface area contributed by atoms with Crippen LogP contribution in [0.25, 0.3) is 11.1 Å². The van der Waals surface area contributed by atoms with Crippen molar-refractivity contribution in [3.63, 3.8) is 0 Å². The molecule has 0 aliphatic carbocycles. The molecule has 0 unspecified atom stereocenters. The molecule has 1 nitrogen and oxygen atoms in total. The number of benzene rings is 2. The number of hydrogen-bond acceptors (Lipinski definition) is 1. The summed E-state index contributed by atoms with van der Waals surface area (Å²) >= 11 is 6.09. The molecule has 0 aromatic heterocycles. The van der Waals surface area contributed by atoms with Gasteiger partial charge in [0, 0.05) is 10.6 Å². The Labute approximate surface area is 115 Å². The van der Waals surface area contributed by atoms with Crippen LogP contribution in [-0.2, 0) is 0 Å². The predicted molar refractivity (Wildman–Crippen MR) is 80.9 cm³/mol. The zero-order chi connectivity index (χ0) is 13.2. The number of hydrogen-bond donors (Lipinski definition) is 0. The Morgan fingerprint density at radius 2 is 1.61 bits per heavy atom. The Kier molecular flexibility index (Phi) is 3.78. The third kappa shape index (κ3) is 3.37. The third-order valence-corrected chi connectivity index (χ3v) is 3.51. The Bertz CT molecular complexity index is 532. The van der Waals surface area contributed by atoms with E-state index in [2.05, 4.69) is 31.8 Å². The summed E-state index contributed by atoms with van der Waals surface area (Å²) in [6, 6.07) is 16.0. The van der Waals surface area contributed by atoms with Crippen molar-refractivity contribution in [3.8, 4) is 16.9 Å². The van der Waals surface area contributed by atoms with Crippen LogP contribution in [0.2, 0.25) is 24.7 Å². The van der Waals surface area contributed by atoms with E-state index in [4.69, 9.17) is 16.0 Å². The monoisotopic (exact) mass is 276 g/mol. The van der Waals surface area contributed by atoms with Gasteiger partial charge in [-0.05, 0) is 43.4 Å². The molecule has 0 fully saturated rings. The van der Waals surface area contributed by atoms with Crippen LogP contribution in [0.15, 0.2) is 48.5 Å². The smallest absolute Gasteiger partial charge is 0.242 e. The molecule has 2 rings (SSSR count). The standard InChI is InChI=1S/C15H17ClOSi/c1-18(2,3)17-15-10-9-13(16)11-14(15)12-7-5-4-6-8-12/h4-11H,1-3H3. The van der Waals surface area contributed by atoms with Crippen LogP contribution in [0.4, 0.5) is 0 Å². The van der Waals surface area contributed by atoms with Gasteiger partial charge in [-0.2, -0.15) is 0 Å². The van der Waals surface area contributed by atoms with Crippen LogP contribution in [-0.4, -0.2) is 8.32 Å². The summed E-state index contributed by atoms with van der Waals surface area (Å²) in [6.07, 6.45) is 0. The molecule has 0 amide bonds. The maximum Gasteiger partial charge on any atom is 0.242 e. The largest absolute Gasteiger partial charge is 0.544 e. The first kappa shape index (κ1) is 13.2. The van der Waals surface area contributed by atoms with E-state index in [9.17, 15) is 0 Å². The lowest BCUT2D eigenvalue weighted by Crippen LogP contribution is -2.29. The molecule has 2 aromatic rings. The molecule has 3 heteroatoms. The van der Waals surface area contributed by atoms with E-state index < -0.39 is 8.32 Å². The molecule has 0 saturated heterocycles. The van der Waals surface area contributed by atoms with E-state index in [1.54, 1.807) is 0 Å². The van der Waals surface area contributed by atoms with E-state index >= 15 is 0 Å². The van der Waals surface area contributed by atoms with Gasteiger partial charge in [0.15, 0.2) is 0 Å². The molecule has 94 valence electrons. The third-order valence-electron chi connectivity index (χ3n) is 2.44. The van der Waals surface area contributed by atoms with E-state index in [-0.39, 0.29) is 0 Å². The van der Waals surface area contributed by atoms with Crippen molar-refractivity contribution >= 4 is 19.9 Å². The van der Waals surface area contributed by atoms with Crippen LogP contribution in [0, 0.1) is 0 Å². The molecular formula is C15H17ClOSi. The minimum atomic E-state index is -1.62. The molecule has 0 N–H and O–H groups in total. The van der Waals surface area contributed by atoms with Gasteiger partial charge >= 0.3 is 0 Å². The van der Waals surface area contributed by atoms with Crippen molar-refractivity contribution < 1.29 is 4.43 Å². The lowest BCUT2D eigenvalue weighted by Gasteiger charge is -2.22. The molecule has 0 heterocycles. The molecular weight excluding hydrogens is 260 g/mol. The Morgan fingerprint density at radius 1 is 0.944 bits per heavy atom. The van der Waals surface area contributed by atoms with Gasteiger partial charge in [0.1, 0.15) is 5.75 Å². The average Bonchev–Trinajstić information content (AvgIpc) is 2.31. The lowest BCUT2D eigenvalue weighted by atomic mass is 10.1. The average molecular weight is 277 g/mol. The molecule has 0 bridgehead atoms. The summed E-state index contributed by atoms with van der Waals surface area (Å²) in [6.45, 7) is 6.53. The van der Waals surface area contributed by atoms with Gasteiger partial charge < -0.3 is 4.43 Å². The van der Waals surface area contributed by atoms with Gasteiger partial charge in [0.2, 0.25) is 8.32 Å². The topological polar surface area (TPSA) is 9.23 Å². The summed E-state index contributed by atoms with van der Waals surface area (Å²) in [5.41, 5.74) is 2.19. The van der Waals surface area contributed by atoms with Crippen molar-refractivity contribution in [1.82, 2.24) is 0 Å². The molecule has 2 aromatic carbocycles. The van der Waals surface area contributed by atoms with Crippen molar-refractivity contribution in [2.75, 3.05) is 0 Å². The Balaban J connectivity index is 2.48. The molecule has 0 aliphatic rings. The van der Waals surface area contributed by atoms with E-state index in [0.717, 1.165) is 21.9 Å². The van der Waals surface area contributed by atoms with Crippen LogP contribution >= 0.6 is 11.6 Å². The molecule has 0 aliphatic heterocycles. The minimum absolute atomic E-state index is 0.733. The highest BCUT2D eigenvalue weighted by Gasteiger charge is 2.18. The van der Waals surface area contributed by atoms with Gasteiger partial charge in [-0.25, -0.2) is 0 Å². The van der Waals surface area contributed by atoms with Gasteiger partial charge in [-0.3, -0.25) is 0 Å². The van der Waals surface area contributed by atoms with Crippen LogP contribution in [0.3, 0.4) is 0 Å². The summed E-state index contributed by atoms with van der Waals surface area (Å²) in [5, 5.41) is 0.733. The summed E-state index contributed by atoms with van der Waals surface area (Å²) in [4.78, 5) is 0. The fourth-order valence-electron chi connectivity index (χ4n) is 1.76. The maximum atomic E-state index is 6.12. The second-order valence-corrected chi connectivity index (χ2v) is 10.1. The summed E-state index contributed by atoms with van der Waals surface area (Å²) in [5.74, 6) is 0.921. The van der Waals surface area contributed by atoms with Crippen LogP contribution in [0.1, 0.15) is 0 Å². The number of halogens is 1. The van der Waals surface area contributed by atoms with Crippen LogP contribution in [0.5, 0.6) is 5.75 Å². The summed E-state index contributed by atoms with van der Waals surface area (Å²) < 4.78 is 6.12. The maximum absolute atomic E-state index is 6.12. The fourth-order valence-corrected chi connectivity index (χ4v) is 2.77. The van der Waals surface area contributed by atoms with E-state index in [1.165, 1.54) is 0 Å². The number of rotatable bonds is 3. The van der Waals surface area contributed by atoms with E-state index in [1.807, 2.05) is 36.4 Å². The molecule has 0 atom stereocenters. The van der Waals surface area contributed by atoms with Gasteiger partial charge in [-0.15, -0.1) is 0 Å². The van der Waals surface area contributed by atoms with Gasteiger partial charge in [-0.1, -0.05) is 41.9 Å². The first-order valence-electron chi connectivity index (χ1n) is 6.00. The quantitative estimate of drug-likeness (QED) is 0.698. The Hall–Kier alpha value is -1.25. The zero-order valence-corrected chi connectivity index (χ0v) is 12.7. The molecule has 0 spiro atoms. The second-order valence-electron chi connectivity index (χ2n) is 5.22. The molecule has 0 radical (unpaired) electrons. The first-order valence-corrected chi connectivity index (χ1v) is 9.78. The molecule has 0 saturated carbocycles. The lowest BCUT2D eigenvalue weighted by molar-refractivity contribution is 0.560. The molecule has 18 heavy (non-hydrogen) atoms. The predicted octanol–water partition coefficient (Wildman–Crippen LogP) is 5.22. The SMILES string of the molecule is C[Si](C)(C)Oc1ccc(Cl)cc1-c1ccccc1. The zero-order valence-electron chi connectivity index (χ0n) is 10.9. The fraction of sp³-hybridized carbons (Fsp3) is 0.200. The van der Waals surface area contributed by atoms with Crippen molar-refractivity contribution in [2.24, 2.45) is 0 Å². The van der Waals surface area contributed by atoms with Crippen molar-refractivity contribution in [3.05, 3.63) is 53.6 Å². The van der Waals surface area contributed by atoms with Gasteiger partial charge in [0.25, 0.3) is 0 Å². The highest BCUT2D eigenvalue weighted by molar-refractivity contribution is 6.70. The Morgan fingerprint density at radius 3 is 2.22 bits per heavy atom.